The van der Waals surface area contributed by atoms with Gasteiger partial charge < -0.3 is 15.8 Å². The van der Waals surface area contributed by atoms with Crippen LogP contribution in [0, 0.1) is 0 Å². The highest BCUT2D eigenvalue weighted by Gasteiger charge is 2.30. The first-order valence-electron chi connectivity index (χ1n) is 4.72. The first-order chi connectivity index (χ1) is 7.90. The normalized spacial score (nSPS) is 11.1. The number of nitrogens with two attached hydrogens (primary N) is 1. The summed E-state index contributed by atoms with van der Waals surface area (Å²) in [4.78, 5) is 10.8. The molecular weight excluding hydrogens is 237 g/mol. The summed E-state index contributed by atoms with van der Waals surface area (Å²) in [5.41, 5.74) is 5.73. The quantitative estimate of drug-likeness (QED) is 0.840. The number of benzene rings is 1. The Kier molecular flexibility index (Phi) is 4.33. The van der Waals surface area contributed by atoms with E-state index in [9.17, 15) is 18.0 Å². The number of hydrogen-bond donors (Lipinski definition) is 2. The van der Waals surface area contributed by atoms with Gasteiger partial charge in [-0.25, -0.2) is 0 Å². The van der Waals surface area contributed by atoms with Gasteiger partial charge in [0.25, 0.3) is 0 Å². The summed E-state index contributed by atoms with van der Waals surface area (Å²) in [5, 5.41) is 2.49. The van der Waals surface area contributed by atoms with Crippen molar-refractivity contribution in [2.24, 2.45) is 5.73 Å². The molecule has 0 aliphatic carbocycles. The molecule has 0 spiro atoms. The van der Waals surface area contributed by atoms with E-state index in [1.807, 2.05) is 0 Å². The van der Waals surface area contributed by atoms with Crippen LogP contribution < -0.4 is 15.8 Å². The van der Waals surface area contributed by atoms with Crippen molar-refractivity contribution in [2.75, 3.05) is 6.54 Å². The number of carbonyl (C=O) groups is 1. The van der Waals surface area contributed by atoms with Crippen LogP contribution >= 0.6 is 0 Å². The number of halogens is 3. The fraction of sp³-hybridized carbons (Fsp3) is 0.300. The van der Waals surface area contributed by atoms with E-state index in [-0.39, 0.29) is 24.7 Å². The fourth-order valence-corrected chi connectivity index (χ4v) is 1.08. The second-order valence-corrected chi connectivity index (χ2v) is 3.17. The predicted octanol–water partition coefficient (Wildman–Crippen LogP) is 1.16. The van der Waals surface area contributed by atoms with Gasteiger partial charge in [0.05, 0.1) is 6.54 Å². The summed E-state index contributed by atoms with van der Waals surface area (Å²) >= 11 is 0. The maximum absolute atomic E-state index is 11.8. The molecule has 1 aromatic carbocycles. The lowest BCUT2D eigenvalue weighted by molar-refractivity contribution is -0.274. The van der Waals surface area contributed by atoms with Crippen molar-refractivity contribution in [3.05, 3.63) is 29.8 Å². The third-order valence-electron chi connectivity index (χ3n) is 1.83. The second kappa shape index (κ2) is 5.53. The van der Waals surface area contributed by atoms with Gasteiger partial charge in [-0.1, -0.05) is 12.1 Å². The molecule has 0 aliphatic heterocycles. The maximum atomic E-state index is 11.8. The molecular formula is C10H11F3N2O2. The van der Waals surface area contributed by atoms with Crippen LogP contribution in [-0.2, 0) is 11.3 Å². The highest BCUT2D eigenvalue weighted by Crippen LogP contribution is 2.22. The summed E-state index contributed by atoms with van der Waals surface area (Å²) in [6.07, 6.45) is -4.70. The largest absolute Gasteiger partial charge is 0.573 e. The lowest BCUT2D eigenvalue weighted by Crippen LogP contribution is -2.29. The highest BCUT2D eigenvalue weighted by molar-refractivity contribution is 5.77. The molecule has 1 amide bonds. The molecule has 1 rings (SSSR count). The number of alkyl halides is 3. The molecule has 0 saturated heterocycles. The molecule has 0 atom stereocenters. The Morgan fingerprint density at radius 2 is 1.88 bits per heavy atom. The van der Waals surface area contributed by atoms with Crippen LogP contribution in [0.1, 0.15) is 5.56 Å². The van der Waals surface area contributed by atoms with Gasteiger partial charge in [0.2, 0.25) is 5.91 Å². The van der Waals surface area contributed by atoms with E-state index < -0.39 is 6.36 Å². The van der Waals surface area contributed by atoms with Crippen molar-refractivity contribution in [1.29, 1.82) is 0 Å². The van der Waals surface area contributed by atoms with Gasteiger partial charge in [-0.3, -0.25) is 4.79 Å². The molecule has 4 nitrogen and oxygen atoms in total. The molecule has 0 radical (unpaired) electrons. The Labute approximate surface area is 95.6 Å². The van der Waals surface area contributed by atoms with Crippen molar-refractivity contribution >= 4 is 5.91 Å². The number of carbonyl (C=O) groups excluding carboxylic acids is 1. The molecule has 0 aliphatic rings. The van der Waals surface area contributed by atoms with E-state index in [4.69, 9.17) is 5.73 Å². The minimum Gasteiger partial charge on any atom is -0.406 e. The first kappa shape index (κ1) is 13.3. The van der Waals surface area contributed by atoms with E-state index in [0.29, 0.717) is 5.56 Å². The summed E-state index contributed by atoms with van der Waals surface area (Å²) in [6.45, 7) is 0.0810. The molecule has 94 valence electrons. The Morgan fingerprint density at radius 1 is 1.29 bits per heavy atom. The lowest BCUT2D eigenvalue weighted by atomic mass is 10.2. The zero-order valence-electron chi connectivity index (χ0n) is 8.75. The average molecular weight is 248 g/mol. The molecule has 0 fully saturated rings. The van der Waals surface area contributed by atoms with Crippen molar-refractivity contribution < 1.29 is 22.7 Å². The third kappa shape index (κ3) is 5.21. The smallest absolute Gasteiger partial charge is 0.406 e. The van der Waals surface area contributed by atoms with Gasteiger partial charge in [0, 0.05) is 6.54 Å². The van der Waals surface area contributed by atoms with Crippen molar-refractivity contribution in [2.45, 2.75) is 12.9 Å². The van der Waals surface area contributed by atoms with Gasteiger partial charge in [-0.05, 0) is 17.7 Å². The minimum atomic E-state index is -4.70. The van der Waals surface area contributed by atoms with Gasteiger partial charge in [-0.2, -0.15) is 0 Å². The molecule has 17 heavy (non-hydrogen) atoms. The van der Waals surface area contributed by atoms with Gasteiger partial charge in [0.15, 0.2) is 0 Å². The van der Waals surface area contributed by atoms with Crippen LogP contribution in [0.3, 0.4) is 0 Å². The number of nitrogens with one attached hydrogen (secondary N) is 1. The molecule has 7 heteroatoms. The minimum absolute atomic E-state index is 0.130. The maximum Gasteiger partial charge on any atom is 0.573 e. The Bertz CT molecular complexity index is 376. The second-order valence-electron chi connectivity index (χ2n) is 3.17. The number of ether oxygens (including phenoxy) is 1. The summed E-state index contributed by atoms with van der Waals surface area (Å²) < 4.78 is 39.2. The van der Waals surface area contributed by atoms with E-state index in [1.165, 1.54) is 24.3 Å². The van der Waals surface area contributed by atoms with Crippen LogP contribution in [0.25, 0.3) is 0 Å². The van der Waals surface area contributed by atoms with Crippen molar-refractivity contribution in [3.8, 4) is 5.75 Å². The van der Waals surface area contributed by atoms with Gasteiger partial charge in [0.1, 0.15) is 5.75 Å². The SMILES string of the molecule is NCC(=O)NCc1ccc(OC(F)(F)F)cc1. The zero-order chi connectivity index (χ0) is 12.9. The molecule has 0 saturated carbocycles. The topological polar surface area (TPSA) is 64.4 Å². The van der Waals surface area contributed by atoms with E-state index in [0.717, 1.165) is 0 Å². The van der Waals surface area contributed by atoms with Crippen LogP contribution in [0.5, 0.6) is 5.75 Å². The van der Waals surface area contributed by atoms with Gasteiger partial charge >= 0.3 is 6.36 Å². The Balaban J connectivity index is 2.53. The standard InChI is InChI=1S/C10H11F3N2O2/c11-10(12,13)17-8-3-1-7(2-4-8)6-15-9(16)5-14/h1-4H,5-6,14H2,(H,15,16). The monoisotopic (exact) mass is 248 g/mol. The van der Waals surface area contributed by atoms with E-state index >= 15 is 0 Å². The van der Waals surface area contributed by atoms with Crippen molar-refractivity contribution in [3.63, 3.8) is 0 Å². The third-order valence-corrected chi connectivity index (χ3v) is 1.83. The number of hydrogen-bond acceptors (Lipinski definition) is 3. The molecule has 3 N–H and O–H groups in total. The summed E-state index contributed by atoms with van der Waals surface area (Å²) in [6, 6.07) is 5.21. The van der Waals surface area contributed by atoms with E-state index in [2.05, 4.69) is 10.1 Å². The molecule has 0 unspecified atom stereocenters. The fourth-order valence-electron chi connectivity index (χ4n) is 1.08. The number of rotatable bonds is 4. The molecule has 0 bridgehead atoms. The first-order valence-corrected chi connectivity index (χ1v) is 4.72. The lowest BCUT2D eigenvalue weighted by Gasteiger charge is -2.09. The predicted molar refractivity (Wildman–Crippen MR) is 54.0 cm³/mol. The molecule has 1 aromatic rings. The Morgan fingerprint density at radius 3 is 2.35 bits per heavy atom. The molecule has 0 aromatic heterocycles. The molecule has 0 heterocycles. The van der Waals surface area contributed by atoms with Crippen LogP contribution in [0.2, 0.25) is 0 Å². The summed E-state index contributed by atoms with van der Waals surface area (Å²) in [7, 11) is 0. The van der Waals surface area contributed by atoms with E-state index in [1.54, 1.807) is 0 Å². The average Bonchev–Trinajstić information content (AvgIpc) is 2.25. The van der Waals surface area contributed by atoms with Crippen molar-refractivity contribution in [1.82, 2.24) is 5.32 Å². The van der Waals surface area contributed by atoms with Crippen LogP contribution in [0.15, 0.2) is 24.3 Å². The number of amides is 1. The highest BCUT2D eigenvalue weighted by atomic mass is 19.4. The van der Waals surface area contributed by atoms with Crippen LogP contribution in [-0.4, -0.2) is 18.8 Å². The Hall–Kier alpha value is -1.76. The van der Waals surface area contributed by atoms with Crippen LogP contribution in [0.4, 0.5) is 13.2 Å². The van der Waals surface area contributed by atoms with Gasteiger partial charge in [-0.15, -0.1) is 13.2 Å². The summed E-state index contributed by atoms with van der Waals surface area (Å²) in [5.74, 6) is -0.632. The zero-order valence-corrected chi connectivity index (χ0v) is 8.75.